The molecule has 0 heteroatoms. The van der Waals surface area contributed by atoms with E-state index in [9.17, 15) is 0 Å². The molecule has 4 bridgehead atoms. The van der Waals surface area contributed by atoms with Crippen LogP contribution in [0, 0.1) is 17.8 Å². The lowest BCUT2D eigenvalue weighted by molar-refractivity contribution is 0.576. The third kappa shape index (κ3) is 1.90. The Labute approximate surface area is 99.1 Å². The molecule has 2 fully saturated rings. The topological polar surface area (TPSA) is 0 Å². The predicted octanol–water partition coefficient (Wildman–Crippen LogP) is 4.65. The molecule has 0 aromatic heterocycles. The van der Waals surface area contributed by atoms with Crippen LogP contribution in [0.5, 0.6) is 0 Å². The molecule has 86 valence electrons. The quantitative estimate of drug-likeness (QED) is 0.515. The predicted molar refractivity (Wildman–Crippen MR) is 69.2 cm³/mol. The monoisotopic (exact) mass is 214 g/mol. The Morgan fingerprint density at radius 1 is 1.25 bits per heavy atom. The summed E-state index contributed by atoms with van der Waals surface area (Å²) in [6.07, 6.45) is 18.0. The van der Waals surface area contributed by atoms with Crippen LogP contribution in [-0.4, -0.2) is 0 Å². The molecule has 16 heavy (non-hydrogen) atoms. The SMILES string of the molecule is C/C=C1/CC2C=CC1C2.C1=C2CCC(C1)C2. The van der Waals surface area contributed by atoms with Crippen LogP contribution < -0.4 is 0 Å². The largest absolute Gasteiger partial charge is 0.0878 e. The van der Waals surface area contributed by atoms with Gasteiger partial charge in [-0.25, -0.2) is 0 Å². The molecule has 0 spiro atoms. The Morgan fingerprint density at radius 3 is 2.44 bits per heavy atom. The molecule has 4 rings (SSSR count). The highest BCUT2D eigenvalue weighted by atomic mass is 14.3. The van der Waals surface area contributed by atoms with Gasteiger partial charge in [0, 0.05) is 0 Å². The zero-order chi connectivity index (χ0) is 11.0. The minimum Gasteiger partial charge on any atom is -0.0878 e. The molecule has 0 nitrogen and oxygen atoms in total. The maximum absolute atomic E-state index is 2.42. The highest BCUT2D eigenvalue weighted by molar-refractivity contribution is 5.26. The van der Waals surface area contributed by atoms with Crippen molar-refractivity contribution in [3.63, 3.8) is 0 Å². The molecule has 3 atom stereocenters. The van der Waals surface area contributed by atoms with Crippen molar-refractivity contribution in [1.82, 2.24) is 0 Å². The molecule has 4 aliphatic rings. The van der Waals surface area contributed by atoms with E-state index in [1.165, 1.54) is 38.5 Å². The van der Waals surface area contributed by atoms with Crippen LogP contribution in [0.15, 0.2) is 35.5 Å². The lowest BCUT2D eigenvalue weighted by Gasteiger charge is -2.05. The maximum Gasteiger partial charge on any atom is -0.00174 e. The second-order valence-corrected chi connectivity index (χ2v) is 5.76. The molecule has 0 aromatic rings. The van der Waals surface area contributed by atoms with Gasteiger partial charge in [-0.3, -0.25) is 0 Å². The van der Waals surface area contributed by atoms with Gasteiger partial charge in [0.25, 0.3) is 0 Å². The molecule has 0 N–H and O–H groups in total. The number of fused-ring (bicyclic) bond motifs is 4. The minimum absolute atomic E-state index is 0.833. The molecule has 0 aliphatic heterocycles. The van der Waals surface area contributed by atoms with Crippen LogP contribution in [-0.2, 0) is 0 Å². The van der Waals surface area contributed by atoms with Gasteiger partial charge >= 0.3 is 0 Å². The van der Waals surface area contributed by atoms with E-state index in [1.807, 2.05) is 0 Å². The number of hydrogen-bond donors (Lipinski definition) is 0. The van der Waals surface area contributed by atoms with E-state index in [0.29, 0.717) is 0 Å². The van der Waals surface area contributed by atoms with Gasteiger partial charge in [0.05, 0.1) is 0 Å². The van der Waals surface area contributed by atoms with Gasteiger partial charge in [-0.15, -0.1) is 0 Å². The lowest BCUT2D eigenvalue weighted by atomic mass is 10.0. The molecular formula is C16H22. The van der Waals surface area contributed by atoms with E-state index in [4.69, 9.17) is 0 Å². The van der Waals surface area contributed by atoms with Crippen LogP contribution >= 0.6 is 0 Å². The first-order valence-corrected chi connectivity index (χ1v) is 6.86. The van der Waals surface area contributed by atoms with Crippen molar-refractivity contribution < 1.29 is 0 Å². The molecular weight excluding hydrogens is 192 g/mol. The Bertz CT molecular complexity index is 356. The normalized spacial score (nSPS) is 40.2. The van der Waals surface area contributed by atoms with Gasteiger partial charge in [-0.05, 0) is 63.2 Å². The first-order valence-electron chi connectivity index (χ1n) is 6.86. The first kappa shape index (κ1) is 10.4. The Hall–Kier alpha value is -0.780. The van der Waals surface area contributed by atoms with Crippen LogP contribution in [0.1, 0.15) is 45.4 Å². The maximum atomic E-state index is 2.42. The Kier molecular flexibility index (Phi) is 2.75. The number of rotatable bonds is 0. The summed E-state index contributed by atoms with van der Waals surface area (Å²) in [5.41, 5.74) is 3.41. The van der Waals surface area contributed by atoms with Crippen molar-refractivity contribution in [2.75, 3.05) is 0 Å². The highest BCUT2D eigenvalue weighted by Crippen LogP contribution is 2.42. The van der Waals surface area contributed by atoms with Gasteiger partial charge in [0.2, 0.25) is 0 Å². The number of allylic oxidation sites excluding steroid dienone is 6. The third-order valence-electron chi connectivity index (χ3n) is 4.68. The molecule has 0 radical (unpaired) electrons. The number of hydrogen-bond acceptors (Lipinski definition) is 0. The smallest absolute Gasteiger partial charge is 0.00174 e. The van der Waals surface area contributed by atoms with Crippen molar-refractivity contribution in [2.24, 2.45) is 17.8 Å². The summed E-state index contributed by atoms with van der Waals surface area (Å²) < 4.78 is 0. The summed E-state index contributed by atoms with van der Waals surface area (Å²) in [6.45, 7) is 2.16. The van der Waals surface area contributed by atoms with Crippen molar-refractivity contribution in [3.8, 4) is 0 Å². The Morgan fingerprint density at radius 2 is 2.19 bits per heavy atom. The van der Waals surface area contributed by atoms with Crippen LogP contribution in [0.3, 0.4) is 0 Å². The van der Waals surface area contributed by atoms with Crippen molar-refractivity contribution in [3.05, 3.63) is 35.5 Å². The van der Waals surface area contributed by atoms with Crippen molar-refractivity contribution in [1.29, 1.82) is 0 Å². The highest BCUT2D eigenvalue weighted by Gasteiger charge is 2.29. The van der Waals surface area contributed by atoms with Crippen LogP contribution in [0.4, 0.5) is 0 Å². The lowest BCUT2D eigenvalue weighted by Crippen LogP contribution is -1.90. The van der Waals surface area contributed by atoms with Gasteiger partial charge in [0.1, 0.15) is 0 Å². The summed E-state index contributed by atoms with van der Waals surface area (Å²) in [6, 6.07) is 0. The summed E-state index contributed by atoms with van der Waals surface area (Å²) >= 11 is 0. The third-order valence-corrected chi connectivity index (χ3v) is 4.68. The van der Waals surface area contributed by atoms with E-state index >= 15 is 0 Å². The summed E-state index contributed by atoms with van der Waals surface area (Å²) in [5.74, 6) is 2.82. The zero-order valence-corrected chi connectivity index (χ0v) is 10.3. The average molecular weight is 214 g/mol. The minimum atomic E-state index is 0.833. The molecule has 0 heterocycles. The van der Waals surface area contributed by atoms with Gasteiger partial charge < -0.3 is 0 Å². The first-order chi connectivity index (χ1) is 7.85. The molecule has 0 saturated heterocycles. The molecule has 4 aliphatic carbocycles. The summed E-state index contributed by atoms with van der Waals surface area (Å²) in [4.78, 5) is 0. The van der Waals surface area contributed by atoms with E-state index in [1.54, 1.807) is 11.1 Å². The molecule has 2 saturated carbocycles. The fourth-order valence-corrected chi connectivity index (χ4v) is 3.67. The van der Waals surface area contributed by atoms with Gasteiger partial charge in [-0.1, -0.05) is 35.5 Å². The molecule has 0 aromatic carbocycles. The van der Waals surface area contributed by atoms with E-state index in [-0.39, 0.29) is 0 Å². The fraction of sp³-hybridized carbons (Fsp3) is 0.625. The standard InChI is InChI=1S/C9H12.C7H10/c1-2-8-5-7-3-4-9(8)6-7;1-2-7-4-3-6(1)5-7/h2-4,7,9H,5-6H2,1H3;1,7H,2-5H2/b8-2-;. The van der Waals surface area contributed by atoms with Crippen LogP contribution in [0.25, 0.3) is 0 Å². The van der Waals surface area contributed by atoms with E-state index in [0.717, 1.165) is 17.8 Å². The van der Waals surface area contributed by atoms with E-state index in [2.05, 4.69) is 31.2 Å². The molecule has 3 unspecified atom stereocenters. The second kappa shape index (κ2) is 4.24. The summed E-state index contributed by atoms with van der Waals surface area (Å²) in [5, 5.41) is 0. The summed E-state index contributed by atoms with van der Waals surface area (Å²) in [7, 11) is 0. The zero-order valence-electron chi connectivity index (χ0n) is 10.3. The van der Waals surface area contributed by atoms with Crippen LogP contribution in [0.2, 0.25) is 0 Å². The van der Waals surface area contributed by atoms with E-state index < -0.39 is 0 Å². The van der Waals surface area contributed by atoms with Gasteiger partial charge in [0.15, 0.2) is 0 Å². The second-order valence-electron chi connectivity index (χ2n) is 5.76. The fourth-order valence-electron chi connectivity index (χ4n) is 3.67. The molecule has 0 amide bonds. The van der Waals surface area contributed by atoms with Crippen molar-refractivity contribution in [2.45, 2.75) is 45.4 Å². The van der Waals surface area contributed by atoms with Gasteiger partial charge in [-0.2, -0.15) is 0 Å². The average Bonchev–Trinajstić information content (AvgIpc) is 3.09. The van der Waals surface area contributed by atoms with Crippen molar-refractivity contribution >= 4 is 0 Å². The Balaban J connectivity index is 0.000000104.